The fraction of sp³-hybridized carbons (Fsp3) is 0.500. The molecule has 1 saturated carbocycles. The van der Waals surface area contributed by atoms with Crippen LogP contribution in [-0.2, 0) is 10.4 Å². The summed E-state index contributed by atoms with van der Waals surface area (Å²) in [5.74, 6) is -0.855. The molecule has 0 radical (unpaired) electrons. The van der Waals surface area contributed by atoms with Gasteiger partial charge in [-0.1, -0.05) is 56.4 Å². The molecule has 2 N–H and O–H groups in total. The Morgan fingerprint density at radius 3 is 2.08 bits per heavy atom. The van der Waals surface area contributed by atoms with Crippen LogP contribution in [0.2, 0.25) is 0 Å². The van der Waals surface area contributed by atoms with Crippen LogP contribution in [0, 0.1) is 17.7 Å². The number of halogens is 7. The van der Waals surface area contributed by atoms with Gasteiger partial charge in [0, 0.05) is 29.3 Å². The Labute approximate surface area is 204 Å². The summed E-state index contributed by atoms with van der Waals surface area (Å²) in [6.07, 6.45) is -3.37. The van der Waals surface area contributed by atoms with Gasteiger partial charge in [-0.05, 0) is 42.5 Å². The number of hydrogen-bond donors (Lipinski definition) is 2. The SMILES string of the molecule is O=CC(CCC1CCCCC1)CNc1ccc(-c2ccc(C(O)(C(F)(F)F)C(F)(F)F)cc2F)cc1. The summed E-state index contributed by atoms with van der Waals surface area (Å²) >= 11 is 0. The molecule has 1 aliphatic rings. The number of aldehydes is 1. The van der Waals surface area contributed by atoms with Crippen molar-refractivity contribution in [2.45, 2.75) is 62.9 Å². The van der Waals surface area contributed by atoms with E-state index >= 15 is 0 Å². The predicted octanol–water partition coefficient (Wildman–Crippen LogP) is 7.39. The lowest BCUT2D eigenvalue weighted by atomic mass is 9.84. The van der Waals surface area contributed by atoms with Crippen LogP contribution in [0.4, 0.5) is 36.4 Å². The second-order valence-corrected chi connectivity index (χ2v) is 9.34. The van der Waals surface area contributed by atoms with Crippen molar-refractivity contribution in [3.05, 3.63) is 53.8 Å². The van der Waals surface area contributed by atoms with Crippen LogP contribution in [0.3, 0.4) is 0 Å². The molecular formula is C26H28F7NO2. The van der Waals surface area contributed by atoms with E-state index in [1.165, 1.54) is 44.2 Å². The van der Waals surface area contributed by atoms with Gasteiger partial charge in [-0.25, -0.2) is 4.39 Å². The van der Waals surface area contributed by atoms with Crippen molar-refractivity contribution in [2.24, 2.45) is 11.8 Å². The van der Waals surface area contributed by atoms with E-state index in [2.05, 4.69) is 5.32 Å². The highest BCUT2D eigenvalue weighted by atomic mass is 19.4. The second kappa shape index (κ2) is 11.2. The highest BCUT2D eigenvalue weighted by Crippen LogP contribution is 2.50. The number of hydrogen-bond acceptors (Lipinski definition) is 3. The van der Waals surface area contributed by atoms with Crippen molar-refractivity contribution in [2.75, 3.05) is 11.9 Å². The third-order valence-electron chi connectivity index (χ3n) is 6.83. The second-order valence-electron chi connectivity index (χ2n) is 9.34. The number of nitrogens with one attached hydrogen (secondary N) is 1. The van der Waals surface area contributed by atoms with Gasteiger partial charge in [0.05, 0.1) is 0 Å². The Morgan fingerprint density at radius 1 is 0.944 bits per heavy atom. The number of carbonyl (C=O) groups is 1. The Kier molecular flexibility index (Phi) is 8.69. The lowest BCUT2D eigenvalue weighted by Crippen LogP contribution is -2.53. The maximum atomic E-state index is 14.6. The number of benzene rings is 2. The third kappa shape index (κ3) is 6.19. The Morgan fingerprint density at radius 2 is 1.56 bits per heavy atom. The largest absolute Gasteiger partial charge is 0.430 e. The van der Waals surface area contributed by atoms with E-state index in [9.17, 15) is 40.6 Å². The van der Waals surface area contributed by atoms with Gasteiger partial charge >= 0.3 is 12.4 Å². The van der Waals surface area contributed by atoms with Crippen LogP contribution in [0.15, 0.2) is 42.5 Å². The van der Waals surface area contributed by atoms with E-state index in [-0.39, 0.29) is 23.1 Å². The minimum Gasteiger partial charge on any atom is -0.384 e. The van der Waals surface area contributed by atoms with Gasteiger partial charge in [-0.3, -0.25) is 0 Å². The average Bonchev–Trinajstić information content (AvgIpc) is 2.83. The zero-order valence-corrected chi connectivity index (χ0v) is 19.4. The summed E-state index contributed by atoms with van der Waals surface area (Å²) in [6, 6.07) is 7.29. The third-order valence-corrected chi connectivity index (χ3v) is 6.83. The van der Waals surface area contributed by atoms with Crippen molar-refractivity contribution < 1.29 is 40.6 Å². The zero-order chi connectivity index (χ0) is 26.6. The van der Waals surface area contributed by atoms with Crippen LogP contribution >= 0.6 is 0 Å². The molecule has 2 aromatic rings. The molecule has 0 aliphatic heterocycles. The maximum absolute atomic E-state index is 14.6. The Bertz CT molecular complexity index is 998. The van der Waals surface area contributed by atoms with Crippen LogP contribution in [0.25, 0.3) is 11.1 Å². The number of alkyl halides is 6. The van der Waals surface area contributed by atoms with E-state index in [0.717, 1.165) is 25.2 Å². The van der Waals surface area contributed by atoms with Crippen molar-refractivity contribution in [3.63, 3.8) is 0 Å². The van der Waals surface area contributed by atoms with Gasteiger partial charge in [0.25, 0.3) is 5.60 Å². The first-order valence-electron chi connectivity index (χ1n) is 11.8. The summed E-state index contributed by atoms with van der Waals surface area (Å²) in [7, 11) is 0. The van der Waals surface area contributed by atoms with Gasteiger partial charge in [-0.15, -0.1) is 0 Å². The average molecular weight is 520 g/mol. The Hall–Kier alpha value is -2.62. The minimum atomic E-state index is -6.09. The summed E-state index contributed by atoms with van der Waals surface area (Å²) in [6.45, 7) is 0.409. The first kappa shape index (κ1) is 28.0. The zero-order valence-electron chi connectivity index (χ0n) is 19.4. The first-order chi connectivity index (χ1) is 16.9. The molecule has 0 spiro atoms. The lowest BCUT2D eigenvalue weighted by molar-refractivity contribution is -0.376. The molecule has 1 fully saturated rings. The molecule has 3 rings (SSSR count). The lowest BCUT2D eigenvalue weighted by Gasteiger charge is -2.32. The molecule has 3 nitrogen and oxygen atoms in total. The summed E-state index contributed by atoms with van der Waals surface area (Å²) in [5.41, 5.74) is -6.23. The van der Waals surface area contributed by atoms with Crippen molar-refractivity contribution in [3.8, 4) is 11.1 Å². The molecule has 10 heteroatoms. The fourth-order valence-corrected chi connectivity index (χ4v) is 4.62. The van der Waals surface area contributed by atoms with Crippen molar-refractivity contribution in [1.82, 2.24) is 0 Å². The van der Waals surface area contributed by atoms with E-state index in [4.69, 9.17) is 0 Å². The highest BCUT2D eigenvalue weighted by Gasteiger charge is 2.71. The molecule has 198 valence electrons. The molecule has 1 aliphatic carbocycles. The van der Waals surface area contributed by atoms with Crippen LogP contribution in [0.1, 0.15) is 50.5 Å². The first-order valence-corrected chi connectivity index (χ1v) is 11.8. The topological polar surface area (TPSA) is 49.3 Å². The molecule has 36 heavy (non-hydrogen) atoms. The van der Waals surface area contributed by atoms with E-state index in [0.29, 0.717) is 24.2 Å². The van der Waals surface area contributed by atoms with Gasteiger partial charge in [0.1, 0.15) is 12.1 Å². The molecule has 1 unspecified atom stereocenters. The highest BCUT2D eigenvalue weighted by molar-refractivity contribution is 5.67. The number of aliphatic hydroxyl groups is 1. The van der Waals surface area contributed by atoms with Crippen molar-refractivity contribution >= 4 is 12.0 Å². The van der Waals surface area contributed by atoms with E-state index in [1.54, 1.807) is 12.1 Å². The number of carbonyl (C=O) groups excluding carboxylic acids is 1. The molecule has 0 heterocycles. The molecule has 0 aromatic heterocycles. The molecule has 2 aromatic carbocycles. The standard InChI is InChI=1S/C26H28F7NO2/c27-23-14-20(24(36,25(28,29)30)26(31,32)33)10-13-22(23)19-8-11-21(12-9-19)34-15-18(16-35)7-6-17-4-2-1-3-5-17/h8-14,16-18,34,36H,1-7,15H2. The van der Waals surface area contributed by atoms with Gasteiger partial charge in [0.15, 0.2) is 0 Å². The summed E-state index contributed by atoms with van der Waals surface area (Å²) in [5, 5.41) is 12.6. The number of rotatable bonds is 9. The van der Waals surface area contributed by atoms with Crippen LogP contribution < -0.4 is 5.32 Å². The quantitative estimate of drug-likeness (QED) is 0.268. The molecule has 0 saturated heterocycles. The fourth-order valence-electron chi connectivity index (χ4n) is 4.62. The molecule has 1 atom stereocenters. The maximum Gasteiger partial charge on any atom is 0.430 e. The van der Waals surface area contributed by atoms with Crippen LogP contribution in [-0.4, -0.2) is 30.3 Å². The number of anilines is 1. The van der Waals surface area contributed by atoms with E-state index < -0.39 is 29.3 Å². The summed E-state index contributed by atoms with van der Waals surface area (Å²) < 4.78 is 93.0. The Balaban J connectivity index is 1.67. The van der Waals surface area contributed by atoms with Gasteiger partial charge < -0.3 is 15.2 Å². The minimum absolute atomic E-state index is 0.0451. The summed E-state index contributed by atoms with van der Waals surface area (Å²) in [4.78, 5) is 11.5. The molecule has 0 amide bonds. The molecule has 0 bridgehead atoms. The molecular weight excluding hydrogens is 491 g/mol. The van der Waals surface area contributed by atoms with Gasteiger partial charge in [-0.2, -0.15) is 26.3 Å². The predicted molar refractivity (Wildman–Crippen MR) is 122 cm³/mol. The smallest absolute Gasteiger partial charge is 0.384 e. The monoisotopic (exact) mass is 519 g/mol. The van der Waals surface area contributed by atoms with Crippen molar-refractivity contribution in [1.29, 1.82) is 0 Å². The van der Waals surface area contributed by atoms with Crippen LogP contribution in [0.5, 0.6) is 0 Å². The van der Waals surface area contributed by atoms with E-state index in [1.807, 2.05) is 0 Å². The normalized spacial score (nSPS) is 16.6. The van der Waals surface area contributed by atoms with Gasteiger partial charge in [0.2, 0.25) is 0 Å².